The molecular weight excluding hydrogens is 242 g/mol. The number of piperidine rings is 1. The Morgan fingerprint density at radius 1 is 1.21 bits per heavy atom. The van der Waals surface area contributed by atoms with Gasteiger partial charge in [-0.1, -0.05) is 0 Å². The molecule has 1 amide bonds. The predicted molar refractivity (Wildman–Crippen MR) is 71.2 cm³/mol. The second kappa shape index (κ2) is 5.43. The van der Waals surface area contributed by atoms with Crippen molar-refractivity contribution < 1.29 is 9.59 Å². The van der Waals surface area contributed by atoms with E-state index >= 15 is 0 Å². The molecule has 5 heteroatoms. The van der Waals surface area contributed by atoms with Gasteiger partial charge in [-0.25, -0.2) is 10.0 Å². The fourth-order valence-electron chi connectivity index (χ4n) is 3.48. The smallest absolute Gasteiger partial charge is 0.244 e. The Labute approximate surface area is 113 Å². The topological polar surface area (TPSA) is 52.7 Å². The van der Waals surface area contributed by atoms with Crippen molar-refractivity contribution in [1.82, 2.24) is 15.3 Å². The number of carbonyl (C=O) groups is 2. The summed E-state index contributed by atoms with van der Waals surface area (Å²) in [5.74, 6) is 0.588. The summed E-state index contributed by atoms with van der Waals surface area (Å²) in [6.07, 6.45) is 7.14. The zero-order chi connectivity index (χ0) is 13.2. The van der Waals surface area contributed by atoms with E-state index in [9.17, 15) is 9.59 Å². The maximum Gasteiger partial charge on any atom is 0.244 e. The minimum Gasteiger partial charge on any atom is -0.349 e. The van der Waals surface area contributed by atoms with Gasteiger partial charge in [-0.3, -0.25) is 4.79 Å². The molecular formula is C14H21N3O2. The molecule has 0 aliphatic carbocycles. The van der Waals surface area contributed by atoms with Crippen molar-refractivity contribution in [2.75, 3.05) is 26.2 Å². The molecule has 0 bridgehead atoms. The molecule has 0 radical (unpaired) electrons. The van der Waals surface area contributed by atoms with Crippen molar-refractivity contribution in [3.05, 3.63) is 11.6 Å². The van der Waals surface area contributed by atoms with E-state index in [4.69, 9.17) is 0 Å². The van der Waals surface area contributed by atoms with Gasteiger partial charge < -0.3 is 10.1 Å². The molecule has 2 saturated heterocycles. The van der Waals surface area contributed by atoms with E-state index in [1.807, 2.05) is 0 Å². The van der Waals surface area contributed by atoms with Gasteiger partial charge in [0.25, 0.3) is 0 Å². The standard InChI is InChI=1S/C14H21N3O2/c18-10-13-2-1-5-17(13)16-6-3-11(4-7-16)12-8-14(19)15-9-12/h8,10-11,13H,1-7,9H2,(H,15,19)/t13-/m0/s1. The second-order valence-electron chi connectivity index (χ2n) is 5.67. The number of amides is 1. The highest BCUT2D eigenvalue weighted by atomic mass is 16.1. The number of hydrazine groups is 1. The largest absolute Gasteiger partial charge is 0.349 e. The van der Waals surface area contributed by atoms with Crippen LogP contribution in [0.5, 0.6) is 0 Å². The lowest BCUT2D eigenvalue weighted by Gasteiger charge is -2.39. The zero-order valence-corrected chi connectivity index (χ0v) is 11.2. The maximum absolute atomic E-state index is 11.2. The Morgan fingerprint density at radius 3 is 2.63 bits per heavy atom. The van der Waals surface area contributed by atoms with Crippen LogP contribution in [0.25, 0.3) is 0 Å². The summed E-state index contributed by atoms with van der Waals surface area (Å²) in [5.41, 5.74) is 1.26. The minimum atomic E-state index is 0.0537. The molecule has 104 valence electrons. The fourth-order valence-corrected chi connectivity index (χ4v) is 3.48. The van der Waals surface area contributed by atoms with Crippen molar-refractivity contribution in [3.8, 4) is 0 Å². The molecule has 0 aromatic carbocycles. The lowest BCUT2D eigenvalue weighted by Crippen LogP contribution is -2.49. The van der Waals surface area contributed by atoms with Crippen LogP contribution in [-0.4, -0.2) is 54.4 Å². The third-order valence-electron chi connectivity index (χ3n) is 4.57. The molecule has 3 aliphatic heterocycles. The van der Waals surface area contributed by atoms with Gasteiger partial charge in [0.1, 0.15) is 6.29 Å². The minimum absolute atomic E-state index is 0.0537. The van der Waals surface area contributed by atoms with Crippen LogP contribution in [0.15, 0.2) is 11.6 Å². The first-order chi connectivity index (χ1) is 9.28. The molecule has 3 rings (SSSR count). The highest BCUT2D eigenvalue weighted by Crippen LogP contribution is 2.28. The Kier molecular flexibility index (Phi) is 3.66. The molecule has 1 atom stereocenters. The lowest BCUT2D eigenvalue weighted by molar-refractivity contribution is -0.120. The van der Waals surface area contributed by atoms with Gasteiger partial charge in [-0.2, -0.15) is 0 Å². The van der Waals surface area contributed by atoms with Gasteiger partial charge in [-0.05, 0) is 37.2 Å². The molecule has 5 nitrogen and oxygen atoms in total. The van der Waals surface area contributed by atoms with Crippen molar-refractivity contribution in [3.63, 3.8) is 0 Å². The van der Waals surface area contributed by atoms with Crippen LogP contribution >= 0.6 is 0 Å². The number of hydrogen-bond donors (Lipinski definition) is 1. The van der Waals surface area contributed by atoms with E-state index in [2.05, 4.69) is 15.3 Å². The first kappa shape index (κ1) is 12.8. The Hall–Kier alpha value is -1.20. The summed E-state index contributed by atoms with van der Waals surface area (Å²) in [6, 6.07) is 0.0884. The van der Waals surface area contributed by atoms with Crippen molar-refractivity contribution in [2.24, 2.45) is 5.92 Å². The van der Waals surface area contributed by atoms with Gasteiger partial charge in [0, 0.05) is 32.3 Å². The summed E-state index contributed by atoms with van der Waals surface area (Å²) in [4.78, 5) is 22.3. The first-order valence-electron chi connectivity index (χ1n) is 7.23. The van der Waals surface area contributed by atoms with Gasteiger partial charge in [0.05, 0.1) is 6.04 Å². The van der Waals surface area contributed by atoms with Crippen LogP contribution in [0, 0.1) is 5.92 Å². The third-order valence-corrected chi connectivity index (χ3v) is 4.57. The molecule has 1 N–H and O–H groups in total. The second-order valence-corrected chi connectivity index (χ2v) is 5.67. The Bertz CT molecular complexity index is 399. The maximum atomic E-state index is 11.2. The zero-order valence-electron chi connectivity index (χ0n) is 11.2. The van der Waals surface area contributed by atoms with E-state index in [1.54, 1.807) is 6.08 Å². The summed E-state index contributed by atoms with van der Waals surface area (Å²) < 4.78 is 0. The average molecular weight is 263 g/mol. The van der Waals surface area contributed by atoms with Gasteiger partial charge in [0.2, 0.25) is 5.91 Å². The van der Waals surface area contributed by atoms with E-state index in [-0.39, 0.29) is 11.9 Å². The van der Waals surface area contributed by atoms with Crippen LogP contribution in [-0.2, 0) is 9.59 Å². The molecule has 3 heterocycles. The van der Waals surface area contributed by atoms with E-state index in [0.717, 1.165) is 58.1 Å². The molecule has 0 aromatic heterocycles. The van der Waals surface area contributed by atoms with Crippen molar-refractivity contribution in [1.29, 1.82) is 0 Å². The predicted octanol–water partition coefficient (Wildman–Crippen LogP) is 0.333. The summed E-state index contributed by atoms with van der Waals surface area (Å²) in [6.45, 7) is 3.74. The molecule has 0 spiro atoms. The normalized spacial score (nSPS) is 30.4. The molecule has 0 saturated carbocycles. The fraction of sp³-hybridized carbons (Fsp3) is 0.714. The average Bonchev–Trinajstić information content (AvgIpc) is 3.07. The van der Waals surface area contributed by atoms with Crippen LogP contribution in [0.2, 0.25) is 0 Å². The highest BCUT2D eigenvalue weighted by Gasteiger charge is 2.32. The first-order valence-corrected chi connectivity index (χ1v) is 7.23. The number of nitrogens with one attached hydrogen (secondary N) is 1. The number of aldehydes is 1. The SMILES string of the molecule is O=C[C@@H]1CCCN1N1CCC(C2=CC(=O)NC2)CC1. The van der Waals surface area contributed by atoms with E-state index in [1.165, 1.54) is 5.57 Å². The van der Waals surface area contributed by atoms with Gasteiger partial charge >= 0.3 is 0 Å². The molecule has 3 aliphatic rings. The van der Waals surface area contributed by atoms with Gasteiger partial charge in [0.15, 0.2) is 0 Å². The lowest BCUT2D eigenvalue weighted by atomic mass is 9.90. The van der Waals surface area contributed by atoms with Crippen molar-refractivity contribution >= 4 is 12.2 Å². The summed E-state index contributed by atoms with van der Waals surface area (Å²) >= 11 is 0. The monoisotopic (exact) mass is 263 g/mol. The van der Waals surface area contributed by atoms with E-state index in [0.29, 0.717) is 5.92 Å². The van der Waals surface area contributed by atoms with Gasteiger partial charge in [-0.15, -0.1) is 0 Å². The van der Waals surface area contributed by atoms with Crippen LogP contribution in [0.1, 0.15) is 25.7 Å². The third kappa shape index (κ3) is 2.58. The quantitative estimate of drug-likeness (QED) is 0.746. The van der Waals surface area contributed by atoms with Crippen LogP contribution in [0.4, 0.5) is 0 Å². The number of carbonyl (C=O) groups excluding carboxylic acids is 2. The molecule has 2 fully saturated rings. The molecule has 19 heavy (non-hydrogen) atoms. The van der Waals surface area contributed by atoms with Crippen LogP contribution in [0.3, 0.4) is 0 Å². The summed E-state index contributed by atoms with van der Waals surface area (Å²) in [5, 5.41) is 7.43. The number of rotatable bonds is 3. The van der Waals surface area contributed by atoms with Crippen LogP contribution < -0.4 is 5.32 Å². The Balaban J connectivity index is 1.56. The van der Waals surface area contributed by atoms with E-state index < -0.39 is 0 Å². The highest BCUT2D eigenvalue weighted by molar-refractivity contribution is 5.91. The van der Waals surface area contributed by atoms with Crippen molar-refractivity contribution in [2.45, 2.75) is 31.7 Å². The number of hydrogen-bond acceptors (Lipinski definition) is 4. The molecule has 0 unspecified atom stereocenters. The molecule has 0 aromatic rings. The summed E-state index contributed by atoms with van der Waals surface area (Å²) in [7, 11) is 0. The number of nitrogens with zero attached hydrogens (tertiary/aromatic N) is 2. The Morgan fingerprint density at radius 2 is 2.00 bits per heavy atom.